The molecule has 0 saturated carbocycles. The molecule has 0 atom stereocenters. The van der Waals surface area contributed by atoms with Gasteiger partial charge in [0.05, 0.1) is 13.2 Å². The number of nitrogens with one attached hydrogen (secondary N) is 1. The van der Waals surface area contributed by atoms with E-state index in [2.05, 4.69) is 28.6 Å². The van der Waals surface area contributed by atoms with E-state index < -0.39 is 0 Å². The van der Waals surface area contributed by atoms with Crippen LogP contribution in [-0.2, 0) is 24.1 Å². The fraction of sp³-hybridized carbons (Fsp3) is 0.571. The molecule has 1 saturated heterocycles. The molecule has 3 heteroatoms. The molecule has 17 heavy (non-hydrogen) atoms. The van der Waals surface area contributed by atoms with Crippen molar-refractivity contribution in [1.82, 2.24) is 10.4 Å². The molecule has 1 aliphatic heterocycles. The third-order valence-corrected chi connectivity index (χ3v) is 3.68. The van der Waals surface area contributed by atoms with Gasteiger partial charge in [-0.2, -0.15) is 0 Å². The number of rotatable bonds is 3. The number of fused-ring (bicyclic) bond motifs is 1. The number of ether oxygens (including phenoxy) is 1. The van der Waals surface area contributed by atoms with Gasteiger partial charge in [-0.15, -0.1) is 0 Å². The van der Waals surface area contributed by atoms with Crippen molar-refractivity contribution in [3.05, 3.63) is 34.9 Å². The van der Waals surface area contributed by atoms with Crippen LogP contribution in [-0.4, -0.2) is 31.3 Å². The first-order valence-electron chi connectivity index (χ1n) is 6.59. The number of hydrogen-bond donors (Lipinski definition) is 1. The zero-order valence-electron chi connectivity index (χ0n) is 10.2. The lowest BCUT2D eigenvalue weighted by Gasteiger charge is -2.27. The fourth-order valence-electron chi connectivity index (χ4n) is 2.66. The summed E-state index contributed by atoms with van der Waals surface area (Å²) < 4.78 is 5.33. The van der Waals surface area contributed by atoms with Crippen LogP contribution in [0.15, 0.2) is 18.2 Å². The average Bonchev–Trinajstić information content (AvgIpc) is 2.85. The van der Waals surface area contributed by atoms with Crippen LogP contribution in [0.1, 0.15) is 23.1 Å². The van der Waals surface area contributed by atoms with Gasteiger partial charge in [0.2, 0.25) is 0 Å². The van der Waals surface area contributed by atoms with Gasteiger partial charge in [0.15, 0.2) is 0 Å². The Bertz CT molecular complexity index is 386. The van der Waals surface area contributed by atoms with Crippen LogP contribution >= 0.6 is 0 Å². The van der Waals surface area contributed by atoms with Gasteiger partial charge in [-0.05, 0) is 36.0 Å². The Hall–Kier alpha value is -0.900. The van der Waals surface area contributed by atoms with E-state index in [-0.39, 0.29) is 0 Å². The Kier molecular flexibility index (Phi) is 3.41. The highest BCUT2D eigenvalue weighted by Crippen LogP contribution is 2.22. The standard InChI is InChI=1S/C14H20N2O/c1-2-13-5-4-12(10-14(13)3-1)11-15-16-6-8-17-9-7-16/h4-5,10,15H,1-3,6-9,11H2. The molecule has 0 amide bonds. The molecule has 0 spiro atoms. The van der Waals surface area contributed by atoms with Crippen LogP contribution in [0.2, 0.25) is 0 Å². The SMILES string of the molecule is c1cc2c(cc1CNN1CCOCC1)CCC2. The predicted octanol–water partition coefficient (Wildman–Crippen LogP) is 1.51. The lowest BCUT2D eigenvalue weighted by molar-refractivity contribution is 0.0106. The fourth-order valence-corrected chi connectivity index (χ4v) is 2.66. The molecule has 1 aromatic carbocycles. The van der Waals surface area contributed by atoms with E-state index in [4.69, 9.17) is 4.74 Å². The Morgan fingerprint density at radius 3 is 2.82 bits per heavy atom. The maximum Gasteiger partial charge on any atom is 0.0608 e. The minimum atomic E-state index is 0.844. The van der Waals surface area contributed by atoms with Crippen molar-refractivity contribution < 1.29 is 4.74 Å². The Morgan fingerprint density at radius 2 is 1.94 bits per heavy atom. The summed E-state index contributed by atoms with van der Waals surface area (Å²) in [5, 5.41) is 2.26. The third-order valence-electron chi connectivity index (χ3n) is 3.68. The molecule has 1 N–H and O–H groups in total. The summed E-state index contributed by atoms with van der Waals surface area (Å²) in [6, 6.07) is 6.94. The number of benzene rings is 1. The van der Waals surface area contributed by atoms with Crippen molar-refractivity contribution in [3.63, 3.8) is 0 Å². The molecule has 3 nitrogen and oxygen atoms in total. The van der Waals surface area contributed by atoms with Crippen LogP contribution in [0, 0.1) is 0 Å². The molecule has 92 valence electrons. The number of hydrogen-bond acceptors (Lipinski definition) is 3. The van der Waals surface area contributed by atoms with Gasteiger partial charge in [-0.3, -0.25) is 5.43 Å². The van der Waals surface area contributed by atoms with Gasteiger partial charge in [0.25, 0.3) is 0 Å². The molecule has 0 radical (unpaired) electrons. The van der Waals surface area contributed by atoms with Crippen molar-refractivity contribution in [1.29, 1.82) is 0 Å². The molecule has 1 aromatic rings. The van der Waals surface area contributed by atoms with Crippen LogP contribution in [0.4, 0.5) is 0 Å². The molecule has 2 aliphatic rings. The molecular weight excluding hydrogens is 212 g/mol. The normalized spacial score (nSPS) is 20.5. The van der Waals surface area contributed by atoms with Crippen LogP contribution in [0.25, 0.3) is 0 Å². The van der Waals surface area contributed by atoms with Crippen LogP contribution in [0.5, 0.6) is 0 Å². The summed E-state index contributed by atoms with van der Waals surface area (Å²) in [4.78, 5) is 0. The summed E-state index contributed by atoms with van der Waals surface area (Å²) in [6.45, 7) is 4.61. The monoisotopic (exact) mass is 232 g/mol. The molecular formula is C14H20N2O. The Morgan fingerprint density at radius 1 is 1.12 bits per heavy atom. The van der Waals surface area contributed by atoms with E-state index in [1.54, 1.807) is 11.1 Å². The van der Waals surface area contributed by atoms with E-state index in [0.717, 1.165) is 32.8 Å². The van der Waals surface area contributed by atoms with Crippen LogP contribution < -0.4 is 5.43 Å². The second kappa shape index (κ2) is 5.17. The number of morpholine rings is 1. The minimum absolute atomic E-state index is 0.844. The third kappa shape index (κ3) is 2.68. The molecule has 0 bridgehead atoms. The predicted molar refractivity (Wildman–Crippen MR) is 67.7 cm³/mol. The summed E-state index contributed by atoms with van der Waals surface area (Å²) in [6.07, 6.45) is 3.86. The van der Waals surface area contributed by atoms with E-state index >= 15 is 0 Å². The summed E-state index contributed by atoms with van der Waals surface area (Å²) in [5.41, 5.74) is 8.00. The van der Waals surface area contributed by atoms with E-state index in [9.17, 15) is 0 Å². The second-order valence-corrected chi connectivity index (χ2v) is 4.89. The highest BCUT2D eigenvalue weighted by Gasteiger charge is 2.12. The van der Waals surface area contributed by atoms with E-state index in [1.807, 2.05) is 0 Å². The first-order chi connectivity index (χ1) is 8.42. The number of nitrogens with zero attached hydrogens (tertiary/aromatic N) is 1. The van der Waals surface area contributed by atoms with Crippen molar-refractivity contribution in [3.8, 4) is 0 Å². The maximum absolute atomic E-state index is 5.33. The number of hydrazine groups is 1. The van der Waals surface area contributed by atoms with Crippen molar-refractivity contribution >= 4 is 0 Å². The molecule has 1 aliphatic carbocycles. The summed E-state index contributed by atoms with van der Waals surface area (Å²) >= 11 is 0. The molecule has 0 unspecified atom stereocenters. The van der Waals surface area contributed by atoms with E-state index in [0.29, 0.717) is 0 Å². The minimum Gasteiger partial charge on any atom is -0.379 e. The Balaban J connectivity index is 1.57. The van der Waals surface area contributed by atoms with Crippen molar-refractivity contribution in [2.45, 2.75) is 25.8 Å². The van der Waals surface area contributed by atoms with Crippen molar-refractivity contribution in [2.24, 2.45) is 0 Å². The highest BCUT2D eigenvalue weighted by molar-refractivity contribution is 5.35. The Labute approximate surface area is 103 Å². The molecule has 1 fully saturated rings. The first kappa shape index (κ1) is 11.2. The van der Waals surface area contributed by atoms with Gasteiger partial charge in [-0.25, -0.2) is 5.01 Å². The lowest BCUT2D eigenvalue weighted by Crippen LogP contribution is -2.45. The summed E-state index contributed by atoms with van der Waals surface area (Å²) in [5.74, 6) is 0. The molecule has 0 aromatic heterocycles. The van der Waals surface area contributed by atoms with Crippen LogP contribution in [0.3, 0.4) is 0 Å². The van der Waals surface area contributed by atoms with Crippen molar-refractivity contribution in [2.75, 3.05) is 26.3 Å². The number of aryl methyl sites for hydroxylation is 2. The maximum atomic E-state index is 5.33. The zero-order chi connectivity index (χ0) is 11.5. The quantitative estimate of drug-likeness (QED) is 0.855. The van der Waals surface area contributed by atoms with Gasteiger partial charge >= 0.3 is 0 Å². The van der Waals surface area contributed by atoms with Gasteiger partial charge < -0.3 is 4.74 Å². The zero-order valence-corrected chi connectivity index (χ0v) is 10.2. The largest absolute Gasteiger partial charge is 0.379 e. The molecule has 3 rings (SSSR count). The first-order valence-corrected chi connectivity index (χ1v) is 6.59. The van der Waals surface area contributed by atoms with Gasteiger partial charge in [-0.1, -0.05) is 18.2 Å². The topological polar surface area (TPSA) is 24.5 Å². The average molecular weight is 232 g/mol. The van der Waals surface area contributed by atoms with E-state index in [1.165, 1.54) is 24.8 Å². The lowest BCUT2D eigenvalue weighted by atomic mass is 10.1. The molecule has 1 heterocycles. The van der Waals surface area contributed by atoms with Gasteiger partial charge in [0.1, 0.15) is 0 Å². The smallest absolute Gasteiger partial charge is 0.0608 e. The highest BCUT2D eigenvalue weighted by atomic mass is 16.5. The van der Waals surface area contributed by atoms with Gasteiger partial charge in [0, 0.05) is 19.6 Å². The summed E-state index contributed by atoms with van der Waals surface area (Å²) in [7, 11) is 0. The second-order valence-electron chi connectivity index (χ2n) is 4.89.